The number of likely N-dealkylation sites (tertiary alicyclic amines) is 1. The molecule has 1 aliphatic heterocycles. The Kier molecular flexibility index (Phi) is 5.29. The van der Waals surface area contributed by atoms with Crippen LogP contribution in [0.3, 0.4) is 0 Å². The number of fused-ring (bicyclic) bond motifs is 1. The zero-order valence-corrected chi connectivity index (χ0v) is 17.1. The van der Waals surface area contributed by atoms with Crippen LogP contribution in [0.15, 0.2) is 24.3 Å². The number of thiazole rings is 1. The summed E-state index contributed by atoms with van der Waals surface area (Å²) in [5.41, 5.74) is 0.0501. The van der Waals surface area contributed by atoms with Gasteiger partial charge < -0.3 is 5.11 Å². The third kappa shape index (κ3) is 3.85. The molecule has 156 valence electrons. The van der Waals surface area contributed by atoms with Crippen LogP contribution in [0.1, 0.15) is 54.6 Å². The SMILES string of the molecule is CCc1nc2sc(C(c3ccc(C(F)(F)F)cc3)N3CCCC(C)C3)c(O)n2n1. The summed E-state index contributed by atoms with van der Waals surface area (Å²) in [5, 5.41) is 15.2. The molecule has 1 fully saturated rings. The Bertz CT molecular complexity index is 996. The highest BCUT2D eigenvalue weighted by Gasteiger charge is 2.34. The van der Waals surface area contributed by atoms with Gasteiger partial charge in [0.15, 0.2) is 5.82 Å². The quantitative estimate of drug-likeness (QED) is 0.647. The molecule has 1 aromatic carbocycles. The van der Waals surface area contributed by atoms with Gasteiger partial charge in [0.1, 0.15) is 0 Å². The summed E-state index contributed by atoms with van der Waals surface area (Å²) in [7, 11) is 0. The third-order valence-corrected chi connectivity index (χ3v) is 6.49. The average Bonchev–Trinajstić information content (AvgIpc) is 3.21. The van der Waals surface area contributed by atoms with E-state index in [1.807, 2.05) is 6.92 Å². The number of piperidine rings is 1. The molecule has 5 nitrogen and oxygen atoms in total. The van der Waals surface area contributed by atoms with E-state index < -0.39 is 11.7 Å². The van der Waals surface area contributed by atoms with Gasteiger partial charge in [0.2, 0.25) is 10.8 Å². The molecule has 2 atom stereocenters. The monoisotopic (exact) mass is 424 g/mol. The Morgan fingerprint density at radius 2 is 2.00 bits per heavy atom. The van der Waals surface area contributed by atoms with Gasteiger partial charge in [-0.25, -0.2) is 4.98 Å². The Morgan fingerprint density at radius 3 is 2.59 bits per heavy atom. The largest absolute Gasteiger partial charge is 0.492 e. The van der Waals surface area contributed by atoms with Gasteiger partial charge in [-0.2, -0.15) is 17.7 Å². The van der Waals surface area contributed by atoms with Gasteiger partial charge in [-0.05, 0) is 43.0 Å². The minimum absolute atomic E-state index is 0.0142. The number of aryl methyl sites for hydroxylation is 1. The van der Waals surface area contributed by atoms with Crippen LogP contribution in [0, 0.1) is 5.92 Å². The second-order valence-electron chi connectivity index (χ2n) is 7.63. The number of benzene rings is 1. The van der Waals surface area contributed by atoms with Crippen LogP contribution in [0.5, 0.6) is 5.88 Å². The maximum Gasteiger partial charge on any atom is 0.416 e. The van der Waals surface area contributed by atoms with Gasteiger partial charge in [-0.3, -0.25) is 4.90 Å². The second kappa shape index (κ2) is 7.60. The minimum atomic E-state index is -4.38. The molecule has 4 rings (SSSR count). The maximum atomic E-state index is 13.0. The van der Waals surface area contributed by atoms with Gasteiger partial charge in [0, 0.05) is 13.0 Å². The highest BCUT2D eigenvalue weighted by molar-refractivity contribution is 7.17. The molecule has 2 aromatic heterocycles. The van der Waals surface area contributed by atoms with Gasteiger partial charge in [-0.1, -0.05) is 37.3 Å². The first-order valence-corrected chi connectivity index (χ1v) is 10.6. The third-order valence-electron chi connectivity index (χ3n) is 5.42. The first kappa shape index (κ1) is 20.2. The lowest BCUT2D eigenvalue weighted by Crippen LogP contribution is -2.37. The molecule has 3 heterocycles. The molecular weight excluding hydrogens is 401 g/mol. The van der Waals surface area contributed by atoms with E-state index >= 15 is 0 Å². The topological polar surface area (TPSA) is 53.7 Å². The molecule has 0 radical (unpaired) electrons. The number of rotatable bonds is 4. The molecular formula is C20H23F3N4OS. The van der Waals surface area contributed by atoms with Crippen molar-refractivity contribution in [1.82, 2.24) is 19.5 Å². The molecule has 0 spiro atoms. The molecule has 1 saturated heterocycles. The van der Waals surface area contributed by atoms with Crippen LogP contribution in [0.2, 0.25) is 0 Å². The van der Waals surface area contributed by atoms with Crippen LogP contribution in [0.4, 0.5) is 13.2 Å². The summed E-state index contributed by atoms with van der Waals surface area (Å²) >= 11 is 1.34. The van der Waals surface area contributed by atoms with Crippen LogP contribution in [-0.2, 0) is 12.6 Å². The molecule has 1 aliphatic rings. The van der Waals surface area contributed by atoms with E-state index in [0.717, 1.165) is 43.6 Å². The number of halogens is 3. The fraction of sp³-hybridized carbons (Fsp3) is 0.500. The highest BCUT2D eigenvalue weighted by atomic mass is 32.1. The van der Waals surface area contributed by atoms with Gasteiger partial charge in [-0.15, -0.1) is 5.10 Å². The van der Waals surface area contributed by atoms with Crippen LogP contribution in [0.25, 0.3) is 4.96 Å². The average molecular weight is 424 g/mol. The van der Waals surface area contributed by atoms with E-state index in [0.29, 0.717) is 28.0 Å². The lowest BCUT2D eigenvalue weighted by atomic mass is 9.95. The van der Waals surface area contributed by atoms with Crippen molar-refractivity contribution in [1.29, 1.82) is 0 Å². The standard InChI is InChI=1S/C20H23F3N4OS/c1-3-15-24-19-27(25-15)18(28)17(29-19)16(26-10-4-5-12(2)11-26)13-6-8-14(9-7-13)20(21,22)23/h6-9,12,16,28H,3-5,10-11H2,1-2H3. The minimum Gasteiger partial charge on any atom is -0.492 e. The van der Waals surface area contributed by atoms with E-state index in [9.17, 15) is 18.3 Å². The highest BCUT2D eigenvalue weighted by Crippen LogP contribution is 2.42. The molecule has 0 amide bonds. The van der Waals surface area contributed by atoms with E-state index in [4.69, 9.17) is 0 Å². The number of hydrogen-bond donors (Lipinski definition) is 1. The predicted octanol–water partition coefficient (Wildman–Crippen LogP) is 4.90. The van der Waals surface area contributed by atoms with Crippen molar-refractivity contribution >= 4 is 16.3 Å². The van der Waals surface area contributed by atoms with Crippen LogP contribution >= 0.6 is 11.3 Å². The van der Waals surface area contributed by atoms with Gasteiger partial charge in [0.25, 0.3) is 0 Å². The lowest BCUT2D eigenvalue weighted by Gasteiger charge is -2.37. The van der Waals surface area contributed by atoms with Crippen molar-refractivity contribution in [2.45, 2.75) is 45.3 Å². The lowest BCUT2D eigenvalue weighted by molar-refractivity contribution is -0.137. The first-order valence-electron chi connectivity index (χ1n) is 9.76. The summed E-state index contributed by atoms with van der Waals surface area (Å²) in [6.45, 7) is 5.76. The molecule has 0 bridgehead atoms. The van der Waals surface area contributed by atoms with E-state index in [2.05, 4.69) is 21.9 Å². The Balaban J connectivity index is 1.78. The van der Waals surface area contributed by atoms with Crippen molar-refractivity contribution in [3.63, 3.8) is 0 Å². The Labute approximate surface area is 170 Å². The van der Waals surface area contributed by atoms with E-state index in [1.165, 1.54) is 28.0 Å². The number of aromatic hydroxyl groups is 1. The summed E-state index contributed by atoms with van der Waals surface area (Å²) in [4.78, 5) is 7.93. The molecule has 9 heteroatoms. The number of nitrogens with zero attached hydrogens (tertiary/aromatic N) is 4. The summed E-state index contributed by atoms with van der Waals surface area (Å²) in [6, 6.07) is 4.91. The smallest absolute Gasteiger partial charge is 0.416 e. The fourth-order valence-electron chi connectivity index (χ4n) is 3.96. The van der Waals surface area contributed by atoms with Crippen LogP contribution in [-0.4, -0.2) is 37.7 Å². The van der Waals surface area contributed by atoms with Crippen molar-refractivity contribution in [3.05, 3.63) is 46.1 Å². The van der Waals surface area contributed by atoms with Crippen molar-refractivity contribution in [3.8, 4) is 5.88 Å². The number of hydrogen-bond acceptors (Lipinski definition) is 5. The molecule has 1 N–H and O–H groups in total. The van der Waals surface area contributed by atoms with E-state index in [1.54, 1.807) is 0 Å². The maximum absolute atomic E-state index is 13.0. The van der Waals surface area contributed by atoms with E-state index in [-0.39, 0.29) is 11.9 Å². The van der Waals surface area contributed by atoms with Gasteiger partial charge in [0.05, 0.1) is 16.5 Å². The van der Waals surface area contributed by atoms with Crippen molar-refractivity contribution in [2.75, 3.05) is 13.1 Å². The molecule has 2 unspecified atom stereocenters. The Hall–Kier alpha value is -2.13. The zero-order valence-electron chi connectivity index (χ0n) is 16.3. The summed E-state index contributed by atoms with van der Waals surface area (Å²) < 4.78 is 40.5. The molecule has 0 saturated carbocycles. The van der Waals surface area contributed by atoms with Crippen LogP contribution < -0.4 is 0 Å². The predicted molar refractivity (Wildman–Crippen MR) is 105 cm³/mol. The number of aromatic nitrogens is 3. The summed E-state index contributed by atoms with van der Waals surface area (Å²) in [5.74, 6) is 1.15. The zero-order chi connectivity index (χ0) is 20.8. The van der Waals surface area contributed by atoms with Gasteiger partial charge >= 0.3 is 6.18 Å². The molecule has 3 aromatic rings. The Morgan fingerprint density at radius 1 is 1.28 bits per heavy atom. The fourth-order valence-corrected chi connectivity index (χ4v) is 5.10. The first-order chi connectivity index (χ1) is 13.8. The molecule has 29 heavy (non-hydrogen) atoms. The van der Waals surface area contributed by atoms with Crippen molar-refractivity contribution in [2.24, 2.45) is 5.92 Å². The van der Waals surface area contributed by atoms with Crippen molar-refractivity contribution < 1.29 is 18.3 Å². The summed E-state index contributed by atoms with van der Waals surface area (Å²) in [6.07, 6.45) is -1.58. The second-order valence-corrected chi connectivity index (χ2v) is 8.64. The molecule has 0 aliphatic carbocycles. The normalized spacial score (nSPS) is 19.7. The number of alkyl halides is 3.